The second-order valence-corrected chi connectivity index (χ2v) is 7.26. The van der Waals surface area contributed by atoms with Crippen LogP contribution in [0.4, 0.5) is 10.1 Å². The van der Waals surface area contributed by atoms with Gasteiger partial charge in [0.05, 0.1) is 12.1 Å². The van der Waals surface area contributed by atoms with E-state index >= 15 is 0 Å². The normalized spacial score (nSPS) is 21.7. The Balaban J connectivity index is 2.12. The number of Topliss-reactive ketones (excluding diaryl/α,β-unsaturated/α-hetero) is 1. The van der Waals surface area contributed by atoms with Crippen molar-refractivity contribution in [1.29, 1.82) is 0 Å². The van der Waals surface area contributed by atoms with Gasteiger partial charge in [-0.2, -0.15) is 0 Å². The predicted octanol–water partition coefficient (Wildman–Crippen LogP) is 3.11. The molecule has 4 nitrogen and oxygen atoms in total. The van der Waals surface area contributed by atoms with Crippen LogP contribution in [0.15, 0.2) is 12.1 Å². The molecule has 1 fully saturated rings. The molecule has 0 aliphatic heterocycles. The lowest BCUT2D eigenvalue weighted by Gasteiger charge is -2.14. The number of hydrogen-bond acceptors (Lipinski definition) is 3. The number of carbonyl (C=O) groups is 2. The van der Waals surface area contributed by atoms with Crippen LogP contribution in [0.3, 0.4) is 0 Å². The highest BCUT2D eigenvalue weighted by molar-refractivity contribution is 5.95. The third kappa shape index (κ3) is 3.23. The fourth-order valence-electron chi connectivity index (χ4n) is 3.16. The molecule has 126 valence electrons. The van der Waals surface area contributed by atoms with Gasteiger partial charge in [-0.1, -0.05) is 20.8 Å². The van der Waals surface area contributed by atoms with Gasteiger partial charge in [-0.25, -0.2) is 4.39 Å². The largest absolute Gasteiger partial charge is 0.378 e. The summed E-state index contributed by atoms with van der Waals surface area (Å²) in [6.07, 6.45) is 0. The van der Waals surface area contributed by atoms with Gasteiger partial charge in [-0.3, -0.25) is 9.59 Å². The third-order valence-corrected chi connectivity index (χ3v) is 5.07. The molecule has 1 aromatic rings. The van der Waals surface area contributed by atoms with Crippen LogP contribution in [-0.4, -0.2) is 37.2 Å². The summed E-state index contributed by atoms with van der Waals surface area (Å²) in [5, 5.41) is 3.04. The van der Waals surface area contributed by atoms with Crippen LogP contribution >= 0.6 is 0 Å². The van der Waals surface area contributed by atoms with E-state index in [4.69, 9.17) is 0 Å². The minimum atomic E-state index is -0.516. The number of nitrogens with one attached hydrogen (secondary N) is 1. The SMILES string of the molecule is Cc1cc(NCC(=O)C2C(C)C2(C)C)cc(C(=O)N(C)C)c1F. The molecule has 0 saturated heterocycles. The van der Waals surface area contributed by atoms with Gasteiger partial charge in [0.2, 0.25) is 0 Å². The average molecular weight is 320 g/mol. The van der Waals surface area contributed by atoms with Crippen LogP contribution < -0.4 is 5.32 Å². The highest BCUT2D eigenvalue weighted by Gasteiger charge is 2.57. The van der Waals surface area contributed by atoms with Gasteiger partial charge in [0.1, 0.15) is 5.82 Å². The van der Waals surface area contributed by atoms with E-state index in [1.807, 2.05) is 0 Å². The molecule has 1 aromatic carbocycles. The summed E-state index contributed by atoms with van der Waals surface area (Å²) in [7, 11) is 3.16. The van der Waals surface area contributed by atoms with Crippen LogP contribution in [0, 0.1) is 30.0 Å². The standard InChI is InChI=1S/C18H25FN2O2/c1-10-7-12(8-13(16(10)19)17(23)21(5)6)20-9-14(22)15-11(2)18(15,3)4/h7-8,11,15,20H,9H2,1-6H3. The summed E-state index contributed by atoms with van der Waals surface area (Å²) < 4.78 is 14.1. The van der Waals surface area contributed by atoms with E-state index < -0.39 is 11.7 Å². The summed E-state index contributed by atoms with van der Waals surface area (Å²) in [5.41, 5.74) is 1.05. The molecule has 1 saturated carbocycles. The van der Waals surface area contributed by atoms with Crippen molar-refractivity contribution >= 4 is 17.4 Å². The van der Waals surface area contributed by atoms with E-state index in [0.717, 1.165) is 0 Å². The number of anilines is 1. The highest BCUT2D eigenvalue weighted by atomic mass is 19.1. The topological polar surface area (TPSA) is 49.4 Å². The van der Waals surface area contributed by atoms with Gasteiger partial charge >= 0.3 is 0 Å². The van der Waals surface area contributed by atoms with Gasteiger partial charge < -0.3 is 10.2 Å². The Morgan fingerprint density at radius 1 is 1.30 bits per heavy atom. The highest BCUT2D eigenvalue weighted by Crippen LogP contribution is 2.58. The third-order valence-electron chi connectivity index (χ3n) is 5.07. The van der Waals surface area contributed by atoms with Crippen molar-refractivity contribution < 1.29 is 14.0 Å². The monoisotopic (exact) mass is 320 g/mol. The molecule has 1 aliphatic rings. The molecule has 0 radical (unpaired) electrons. The first kappa shape index (κ1) is 17.4. The number of hydrogen-bond donors (Lipinski definition) is 1. The number of amides is 1. The smallest absolute Gasteiger partial charge is 0.256 e. The fraction of sp³-hybridized carbons (Fsp3) is 0.556. The molecule has 1 N–H and O–H groups in total. The Kier molecular flexibility index (Phi) is 4.51. The Morgan fingerprint density at radius 3 is 2.35 bits per heavy atom. The average Bonchev–Trinajstić information content (AvgIpc) is 2.97. The number of rotatable bonds is 5. The van der Waals surface area contributed by atoms with Crippen LogP contribution in [0.1, 0.15) is 36.7 Å². The van der Waals surface area contributed by atoms with Gasteiger partial charge in [0.25, 0.3) is 5.91 Å². The van der Waals surface area contributed by atoms with Crippen molar-refractivity contribution in [2.45, 2.75) is 27.7 Å². The van der Waals surface area contributed by atoms with Gasteiger partial charge in [-0.15, -0.1) is 0 Å². The van der Waals surface area contributed by atoms with Crippen molar-refractivity contribution in [3.8, 4) is 0 Å². The molecule has 5 heteroatoms. The number of benzene rings is 1. The van der Waals surface area contributed by atoms with E-state index in [2.05, 4.69) is 26.1 Å². The zero-order chi connectivity index (χ0) is 17.5. The van der Waals surface area contributed by atoms with Crippen LogP contribution in [0.2, 0.25) is 0 Å². The second kappa shape index (κ2) is 5.95. The molecule has 1 amide bonds. The zero-order valence-corrected chi connectivity index (χ0v) is 14.7. The summed E-state index contributed by atoms with van der Waals surface area (Å²) in [4.78, 5) is 25.7. The molecule has 0 aromatic heterocycles. The van der Waals surface area contributed by atoms with E-state index in [9.17, 15) is 14.0 Å². The lowest BCUT2D eigenvalue weighted by Crippen LogP contribution is -2.24. The predicted molar refractivity (Wildman–Crippen MR) is 89.1 cm³/mol. The first-order valence-corrected chi connectivity index (χ1v) is 7.85. The fourth-order valence-corrected chi connectivity index (χ4v) is 3.16. The summed E-state index contributed by atoms with van der Waals surface area (Å²) in [6.45, 7) is 8.07. The summed E-state index contributed by atoms with van der Waals surface area (Å²) >= 11 is 0. The van der Waals surface area contributed by atoms with Crippen molar-refractivity contribution in [2.75, 3.05) is 26.0 Å². The van der Waals surface area contributed by atoms with Crippen LogP contribution in [0.5, 0.6) is 0 Å². The van der Waals surface area contributed by atoms with Gasteiger partial charge in [0.15, 0.2) is 5.78 Å². The Morgan fingerprint density at radius 2 is 1.87 bits per heavy atom. The molecule has 2 unspecified atom stereocenters. The maximum absolute atomic E-state index is 14.1. The number of halogens is 1. The molecule has 1 aliphatic carbocycles. The first-order valence-electron chi connectivity index (χ1n) is 7.85. The Hall–Kier alpha value is -1.91. The van der Waals surface area contributed by atoms with E-state index in [-0.39, 0.29) is 29.2 Å². The molecular formula is C18H25FN2O2. The molecule has 2 rings (SSSR count). The molecular weight excluding hydrogens is 295 g/mol. The lowest BCUT2D eigenvalue weighted by atomic mass is 10.1. The first-order chi connectivity index (χ1) is 10.6. The van der Waals surface area contributed by atoms with E-state index in [1.165, 1.54) is 11.0 Å². The van der Waals surface area contributed by atoms with Crippen molar-refractivity contribution in [3.05, 3.63) is 29.1 Å². The minimum absolute atomic E-state index is 0.0186. The van der Waals surface area contributed by atoms with Crippen molar-refractivity contribution in [2.24, 2.45) is 17.3 Å². The zero-order valence-electron chi connectivity index (χ0n) is 14.7. The van der Waals surface area contributed by atoms with E-state index in [0.29, 0.717) is 17.2 Å². The van der Waals surface area contributed by atoms with Crippen LogP contribution in [-0.2, 0) is 4.79 Å². The number of aryl methyl sites for hydroxylation is 1. The van der Waals surface area contributed by atoms with Crippen LogP contribution in [0.25, 0.3) is 0 Å². The molecule has 0 spiro atoms. The Bertz CT molecular complexity index is 653. The maximum Gasteiger partial charge on any atom is 0.256 e. The second-order valence-electron chi connectivity index (χ2n) is 7.26. The minimum Gasteiger partial charge on any atom is -0.378 e. The molecule has 2 atom stereocenters. The maximum atomic E-state index is 14.1. The summed E-state index contributed by atoms with van der Waals surface area (Å²) in [6, 6.07) is 3.09. The lowest BCUT2D eigenvalue weighted by molar-refractivity contribution is -0.119. The molecule has 23 heavy (non-hydrogen) atoms. The summed E-state index contributed by atoms with van der Waals surface area (Å²) in [5.74, 6) is -0.294. The quantitative estimate of drug-likeness (QED) is 0.907. The van der Waals surface area contributed by atoms with E-state index in [1.54, 1.807) is 27.1 Å². The van der Waals surface area contributed by atoms with Crippen molar-refractivity contribution in [1.82, 2.24) is 4.90 Å². The number of ketones is 1. The molecule has 0 bridgehead atoms. The van der Waals surface area contributed by atoms with Gasteiger partial charge in [0, 0.05) is 25.7 Å². The number of nitrogens with zero attached hydrogens (tertiary/aromatic N) is 1. The van der Waals surface area contributed by atoms with Crippen molar-refractivity contribution in [3.63, 3.8) is 0 Å². The molecule has 0 heterocycles. The van der Waals surface area contributed by atoms with Gasteiger partial charge in [-0.05, 0) is 36.0 Å². The number of carbonyl (C=O) groups excluding carboxylic acids is 2. The Labute approximate surface area is 137 Å².